The third-order valence-corrected chi connectivity index (χ3v) is 4.12. The first-order chi connectivity index (χ1) is 8.72. The highest BCUT2D eigenvalue weighted by Gasteiger charge is 2.25. The van der Waals surface area contributed by atoms with Gasteiger partial charge in [-0.25, -0.2) is 4.39 Å². The van der Waals surface area contributed by atoms with Gasteiger partial charge in [0.05, 0.1) is 0 Å². The smallest absolute Gasteiger partial charge is 0.123 e. The molecule has 0 aromatic heterocycles. The molecule has 0 heterocycles. The molecule has 2 heteroatoms. The second-order valence-electron chi connectivity index (χ2n) is 5.43. The summed E-state index contributed by atoms with van der Waals surface area (Å²) >= 11 is 0. The molecule has 1 nitrogen and oxygen atoms in total. The molecule has 1 unspecified atom stereocenters. The van der Waals surface area contributed by atoms with Crippen molar-refractivity contribution in [2.45, 2.75) is 52.0 Å². The number of rotatable bonds is 4. The van der Waals surface area contributed by atoms with E-state index in [1.165, 1.54) is 37.7 Å². The van der Waals surface area contributed by atoms with Crippen LogP contribution in [0.4, 0.5) is 4.39 Å². The third-order valence-electron chi connectivity index (χ3n) is 4.12. The second-order valence-corrected chi connectivity index (χ2v) is 5.43. The zero-order valence-electron chi connectivity index (χ0n) is 11.5. The van der Waals surface area contributed by atoms with Gasteiger partial charge in [-0.3, -0.25) is 0 Å². The average molecular weight is 249 g/mol. The van der Waals surface area contributed by atoms with E-state index in [0.29, 0.717) is 12.0 Å². The fraction of sp³-hybridized carbons (Fsp3) is 0.625. The van der Waals surface area contributed by atoms with Crippen LogP contribution in [0.15, 0.2) is 18.2 Å². The van der Waals surface area contributed by atoms with E-state index in [-0.39, 0.29) is 5.82 Å². The standard InChI is InChI=1S/C16H24FN/c1-3-18-16(13-7-5-4-6-8-13)15-11-14(17)10-9-12(15)2/h9-11,13,16,18H,3-8H2,1-2H3. The van der Waals surface area contributed by atoms with E-state index < -0.39 is 0 Å². The lowest BCUT2D eigenvalue weighted by molar-refractivity contribution is 0.273. The average Bonchev–Trinajstić information content (AvgIpc) is 2.40. The van der Waals surface area contributed by atoms with Crippen molar-refractivity contribution in [3.05, 3.63) is 35.1 Å². The highest BCUT2D eigenvalue weighted by molar-refractivity contribution is 5.30. The van der Waals surface area contributed by atoms with Gasteiger partial charge in [-0.05, 0) is 55.5 Å². The monoisotopic (exact) mass is 249 g/mol. The fourth-order valence-electron chi connectivity index (χ4n) is 3.16. The maximum Gasteiger partial charge on any atom is 0.123 e. The molecule has 100 valence electrons. The number of hydrogen-bond acceptors (Lipinski definition) is 1. The minimum atomic E-state index is -0.116. The summed E-state index contributed by atoms with van der Waals surface area (Å²) in [4.78, 5) is 0. The van der Waals surface area contributed by atoms with Crippen LogP contribution >= 0.6 is 0 Å². The predicted octanol–water partition coefficient (Wildman–Crippen LogP) is 4.37. The molecule has 1 fully saturated rings. The van der Waals surface area contributed by atoms with Gasteiger partial charge in [0.15, 0.2) is 0 Å². The Morgan fingerprint density at radius 3 is 2.67 bits per heavy atom. The molecule has 0 spiro atoms. The van der Waals surface area contributed by atoms with E-state index in [1.807, 2.05) is 6.07 Å². The molecule has 18 heavy (non-hydrogen) atoms. The molecular formula is C16H24FN. The van der Waals surface area contributed by atoms with Gasteiger partial charge in [0.1, 0.15) is 5.82 Å². The molecule has 1 aromatic rings. The first-order valence-electron chi connectivity index (χ1n) is 7.21. The highest BCUT2D eigenvalue weighted by Crippen LogP contribution is 2.35. The van der Waals surface area contributed by atoms with E-state index in [2.05, 4.69) is 19.2 Å². The van der Waals surface area contributed by atoms with Crippen LogP contribution in [0.25, 0.3) is 0 Å². The minimum absolute atomic E-state index is 0.116. The Bertz CT molecular complexity index is 383. The molecule has 0 bridgehead atoms. The van der Waals surface area contributed by atoms with Crippen molar-refractivity contribution in [3.8, 4) is 0 Å². The van der Waals surface area contributed by atoms with Crippen molar-refractivity contribution in [3.63, 3.8) is 0 Å². The molecule has 0 aliphatic heterocycles. The largest absolute Gasteiger partial charge is 0.310 e. The molecule has 1 aromatic carbocycles. The Morgan fingerprint density at radius 2 is 2.00 bits per heavy atom. The van der Waals surface area contributed by atoms with Crippen molar-refractivity contribution in [1.82, 2.24) is 5.32 Å². The molecule has 1 aliphatic carbocycles. The maximum atomic E-state index is 13.5. The van der Waals surface area contributed by atoms with Gasteiger partial charge in [0, 0.05) is 6.04 Å². The molecule has 1 aliphatic rings. The van der Waals surface area contributed by atoms with E-state index in [9.17, 15) is 4.39 Å². The zero-order valence-corrected chi connectivity index (χ0v) is 11.5. The lowest BCUT2D eigenvalue weighted by Gasteiger charge is -2.32. The Labute approximate surface area is 110 Å². The quantitative estimate of drug-likeness (QED) is 0.835. The van der Waals surface area contributed by atoms with Crippen LogP contribution in [0.2, 0.25) is 0 Å². The van der Waals surface area contributed by atoms with Crippen LogP contribution in [-0.4, -0.2) is 6.54 Å². The lowest BCUT2D eigenvalue weighted by atomic mass is 9.80. The lowest BCUT2D eigenvalue weighted by Crippen LogP contribution is -2.30. The zero-order chi connectivity index (χ0) is 13.0. The summed E-state index contributed by atoms with van der Waals surface area (Å²) in [5.41, 5.74) is 2.36. The van der Waals surface area contributed by atoms with E-state index in [1.54, 1.807) is 12.1 Å². The van der Waals surface area contributed by atoms with Gasteiger partial charge in [-0.15, -0.1) is 0 Å². The minimum Gasteiger partial charge on any atom is -0.310 e. The van der Waals surface area contributed by atoms with Crippen molar-refractivity contribution in [2.24, 2.45) is 5.92 Å². The first kappa shape index (κ1) is 13.5. The summed E-state index contributed by atoms with van der Waals surface area (Å²) in [6.07, 6.45) is 6.54. The summed E-state index contributed by atoms with van der Waals surface area (Å²) in [5, 5.41) is 3.57. The van der Waals surface area contributed by atoms with Crippen molar-refractivity contribution in [2.75, 3.05) is 6.54 Å². The maximum absolute atomic E-state index is 13.5. The molecule has 0 saturated heterocycles. The van der Waals surface area contributed by atoms with Gasteiger partial charge < -0.3 is 5.32 Å². The van der Waals surface area contributed by atoms with Gasteiger partial charge in [-0.2, -0.15) is 0 Å². The molecule has 0 amide bonds. The van der Waals surface area contributed by atoms with Gasteiger partial charge in [0.2, 0.25) is 0 Å². The van der Waals surface area contributed by atoms with Gasteiger partial charge in [0.25, 0.3) is 0 Å². The van der Waals surface area contributed by atoms with Crippen molar-refractivity contribution in [1.29, 1.82) is 0 Å². The van der Waals surface area contributed by atoms with E-state index in [4.69, 9.17) is 0 Å². The molecule has 1 atom stereocenters. The number of hydrogen-bond donors (Lipinski definition) is 1. The summed E-state index contributed by atoms with van der Waals surface area (Å²) in [5.74, 6) is 0.550. The van der Waals surface area contributed by atoms with E-state index >= 15 is 0 Å². The van der Waals surface area contributed by atoms with Crippen LogP contribution < -0.4 is 5.32 Å². The van der Waals surface area contributed by atoms with Crippen LogP contribution in [0.1, 0.15) is 56.2 Å². The topological polar surface area (TPSA) is 12.0 Å². The van der Waals surface area contributed by atoms with Crippen molar-refractivity contribution >= 4 is 0 Å². The third kappa shape index (κ3) is 3.11. The van der Waals surface area contributed by atoms with Crippen LogP contribution in [-0.2, 0) is 0 Å². The number of nitrogens with one attached hydrogen (secondary N) is 1. The molecular weight excluding hydrogens is 225 g/mol. The molecule has 1 N–H and O–H groups in total. The normalized spacial score (nSPS) is 18.8. The SMILES string of the molecule is CCNC(c1cc(F)ccc1C)C1CCCCC1. The summed E-state index contributed by atoms with van der Waals surface area (Å²) in [6.45, 7) is 5.16. The molecule has 1 saturated carbocycles. The summed E-state index contributed by atoms with van der Waals surface area (Å²) < 4.78 is 13.5. The van der Waals surface area contributed by atoms with Crippen LogP contribution in [0, 0.1) is 18.7 Å². The Balaban J connectivity index is 2.24. The second kappa shape index (κ2) is 6.33. The summed E-state index contributed by atoms with van der Waals surface area (Å²) in [7, 11) is 0. The Kier molecular flexibility index (Phi) is 4.76. The Hall–Kier alpha value is -0.890. The van der Waals surface area contributed by atoms with Crippen molar-refractivity contribution < 1.29 is 4.39 Å². The first-order valence-corrected chi connectivity index (χ1v) is 7.21. The van der Waals surface area contributed by atoms with Crippen LogP contribution in [0.3, 0.4) is 0 Å². The van der Waals surface area contributed by atoms with Gasteiger partial charge >= 0.3 is 0 Å². The van der Waals surface area contributed by atoms with Gasteiger partial charge in [-0.1, -0.05) is 32.3 Å². The molecule has 0 radical (unpaired) electrons. The molecule has 2 rings (SSSR count). The van der Waals surface area contributed by atoms with Crippen LogP contribution in [0.5, 0.6) is 0 Å². The van der Waals surface area contributed by atoms with E-state index in [0.717, 1.165) is 12.1 Å². The summed E-state index contributed by atoms with van der Waals surface area (Å²) in [6, 6.07) is 5.50. The number of aryl methyl sites for hydroxylation is 1. The Morgan fingerprint density at radius 1 is 1.28 bits per heavy atom. The predicted molar refractivity (Wildman–Crippen MR) is 74.1 cm³/mol. The number of benzene rings is 1. The fourth-order valence-corrected chi connectivity index (χ4v) is 3.16. The number of halogens is 1. The highest BCUT2D eigenvalue weighted by atomic mass is 19.1.